The van der Waals surface area contributed by atoms with Gasteiger partial charge in [0.1, 0.15) is 0 Å². The molecule has 3 heterocycles. The van der Waals surface area contributed by atoms with Crippen LogP contribution in [0.2, 0.25) is 0 Å². The number of fused-ring (bicyclic) bond motifs is 1. The minimum atomic E-state index is 0.313. The monoisotopic (exact) mass is 320 g/mol. The van der Waals surface area contributed by atoms with Gasteiger partial charge in [-0.3, -0.25) is 14.4 Å². The summed E-state index contributed by atoms with van der Waals surface area (Å²) in [6, 6.07) is 2.48. The Morgan fingerprint density at radius 2 is 2.26 bits per heavy atom. The molecule has 2 aliphatic heterocycles. The Kier molecular flexibility index (Phi) is 5.33. The number of aromatic nitrogens is 2. The fourth-order valence-electron chi connectivity index (χ4n) is 4.03. The smallest absolute Gasteiger partial charge is 0.222 e. The van der Waals surface area contributed by atoms with E-state index in [0.717, 1.165) is 51.1 Å². The molecule has 0 aliphatic carbocycles. The molecule has 0 spiro atoms. The molecule has 0 unspecified atom stereocenters. The van der Waals surface area contributed by atoms with E-state index in [2.05, 4.69) is 21.0 Å². The first-order valence-electron chi connectivity index (χ1n) is 8.66. The molecule has 0 bridgehead atoms. The summed E-state index contributed by atoms with van der Waals surface area (Å²) in [6.07, 6.45) is 5.92. The standard InChI is InChI=1S/C17H28N4O2/c1-19-8-6-15(18-19)13-20-9-7-16-14(12-20)4-3-5-17(22)21(16)10-11-23-2/h6,8,14,16H,3-5,7,9-13H2,1-2H3/t14-,16+/m0/s1. The summed E-state index contributed by atoms with van der Waals surface area (Å²) in [5.74, 6) is 0.892. The van der Waals surface area contributed by atoms with Crippen LogP contribution in [0, 0.1) is 5.92 Å². The van der Waals surface area contributed by atoms with E-state index in [1.54, 1.807) is 7.11 Å². The van der Waals surface area contributed by atoms with E-state index < -0.39 is 0 Å². The number of hydrogen-bond acceptors (Lipinski definition) is 4. The van der Waals surface area contributed by atoms with Crippen LogP contribution in [0.3, 0.4) is 0 Å². The molecule has 0 N–H and O–H groups in total. The van der Waals surface area contributed by atoms with Gasteiger partial charge in [0.05, 0.1) is 12.3 Å². The SMILES string of the molecule is COCCN1C(=O)CCC[C@H]2CN(Cc3ccn(C)n3)CC[C@H]21. The molecule has 2 fully saturated rings. The van der Waals surface area contributed by atoms with Crippen LogP contribution in [0.4, 0.5) is 0 Å². The number of aryl methyl sites for hydroxylation is 1. The van der Waals surface area contributed by atoms with Gasteiger partial charge in [-0.25, -0.2) is 0 Å². The zero-order valence-corrected chi connectivity index (χ0v) is 14.3. The molecule has 0 saturated carbocycles. The number of hydrogen-bond donors (Lipinski definition) is 0. The summed E-state index contributed by atoms with van der Waals surface area (Å²) in [4.78, 5) is 17.0. The predicted molar refractivity (Wildman–Crippen MR) is 87.8 cm³/mol. The quantitative estimate of drug-likeness (QED) is 0.820. The molecular weight excluding hydrogens is 292 g/mol. The molecule has 1 aromatic rings. The van der Waals surface area contributed by atoms with Crippen molar-refractivity contribution in [1.29, 1.82) is 0 Å². The number of methoxy groups -OCH3 is 1. The summed E-state index contributed by atoms with van der Waals surface area (Å²) in [7, 11) is 3.66. The van der Waals surface area contributed by atoms with Crippen molar-refractivity contribution in [3.05, 3.63) is 18.0 Å². The van der Waals surface area contributed by atoms with Gasteiger partial charge in [-0.05, 0) is 31.2 Å². The van der Waals surface area contributed by atoms with Crippen LogP contribution in [0.25, 0.3) is 0 Å². The van der Waals surface area contributed by atoms with Gasteiger partial charge >= 0.3 is 0 Å². The number of nitrogens with zero attached hydrogens (tertiary/aromatic N) is 4. The number of likely N-dealkylation sites (tertiary alicyclic amines) is 2. The first kappa shape index (κ1) is 16.5. The van der Waals surface area contributed by atoms with E-state index in [0.29, 0.717) is 30.9 Å². The molecule has 2 atom stereocenters. The third kappa shape index (κ3) is 3.93. The number of rotatable bonds is 5. The van der Waals surface area contributed by atoms with E-state index in [4.69, 9.17) is 4.74 Å². The Morgan fingerprint density at radius 3 is 3.00 bits per heavy atom. The van der Waals surface area contributed by atoms with Crippen LogP contribution in [0.15, 0.2) is 12.3 Å². The summed E-state index contributed by atoms with van der Waals surface area (Å²) < 4.78 is 7.06. The van der Waals surface area contributed by atoms with Crippen molar-refractivity contribution < 1.29 is 9.53 Å². The van der Waals surface area contributed by atoms with Crippen LogP contribution in [-0.4, -0.2) is 64.9 Å². The first-order valence-corrected chi connectivity index (χ1v) is 8.66. The lowest BCUT2D eigenvalue weighted by molar-refractivity contribution is -0.135. The maximum Gasteiger partial charge on any atom is 0.222 e. The van der Waals surface area contributed by atoms with Crippen molar-refractivity contribution in [1.82, 2.24) is 19.6 Å². The van der Waals surface area contributed by atoms with Crippen LogP contribution in [0.1, 0.15) is 31.4 Å². The molecule has 2 aliphatic rings. The van der Waals surface area contributed by atoms with Crippen molar-refractivity contribution in [2.45, 2.75) is 38.3 Å². The Balaban J connectivity index is 1.64. The second kappa shape index (κ2) is 7.45. The molecule has 0 radical (unpaired) electrons. The third-order valence-electron chi connectivity index (χ3n) is 5.15. The average Bonchev–Trinajstić information content (AvgIpc) is 2.87. The van der Waals surface area contributed by atoms with Crippen molar-refractivity contribution >= 4 is 5.91 Å². The highest BCUT2D eigenvalue weighted by Crippen LogP contribution is 2.30. The van der Waals surface area contributed by atoms with Crippen LogP contribution in [-0.2, 0) is 23.1 Å². The fourth-order valence-corrected chi connectivity index (χ4v) is 4.03. The molecule has 3 rings (SSSR count). The summed E-state index contributed by atoms with van der Waals surface area (Å²) in [5, 5.41) is 4.49. The van der Waals surface area contributed by atoms with Gasteiger partial charge in [-0.2, -0.15) is 5.10 Å². The Hall–Kier alpha value is -1.40. The van der Waals surface area contributed by atoms with Gasteiger partial charge < -0.3 is 9.64 Å². The van der Waals surface area contributed by atoms with E-state index in [-0.39, 0.29) is 0 Å². The number of carbonyl (C=O) groups is 1. The predicted octanol–water partition coefficient (Wildman–Crippen LogP) is 1.27. The van der Waals surface area contributed by atoms with Crippen LogP contribution >= 0.6 is 0 Å². The van der Waals surface area contributed by atoms with Crippen molar-refractivity contribution in [3.63, 3.8) is 0 Å². The Bertz CT molecular complexity index is 530. The zero-order valence-electron chi connectivity index (χ0n) is 14.3. The first-order chi connectivity index (χ1) is 11.2. The molecular formula is C17H28N4O2. The molecule has 23 heavy (non-hydrogen) atoms. The highest BCUT2D eigenvalue weighted by molar-refractivity contribution is 5.76. The summed E-state index contributed by atoms with van der Waals surface area (Å²) in [5.41, 5.74) is 1.13. The molecule has 2 saturated heterocycles. The van der Waals surface area contributed by atoms with Gasteiger partial charge in [0.15, 0.2) is 0 Å². The van der Waals surface area contributed by atoms with Crippen molar-refractivity contribution in [3.8, 4) is 0 Å². The number of piperidine rings is 1. The molecule has 6 nitrogen and oxygen atoms in total. The molecule has 128 valence electrons. The van der Waals surface area contributed by atoms with Crippen LogP contribution in [0.5, 0.6) is 0 Å². The number of amides is 1. The number of carbonyl (C=O) groups excluding carboxylic acids is 1. The second-order valence-electron chi connectivity index (χ2n) is 6.80. The third-order valence-corrected chi connectivity index (χ3v) is 5.15. The van der Waals surface area contributed by atoms with E-state index in [1.165, 1.54) is 0 Å². The zero-order chi connectivity index (χ0) is 16.2. The normalized spacial score (nSPS) is 26.2. The lowest BCUT2D eigenvalue weighted by Crippen LogP contribution is -2.52. The lowest BCUT2D eigenvalue weighted by atomic mass is 9.88. The Labute approximate surface area is 138 Å². The largest absolute Gasteiger partial charge is 0.383 e. The average molecular weight is 320 g/mol. The highest BCUT2D eigenvalue weighted by atomic mass is 16.5. The summed E-state index contributed by atoms with van der Waals surface area (Å²) in [6.45, 7) is 4.38. The van der Waals surface area contributed by atoms with E-state index in [9.17, 15) is 4.79 Å². The fraction of sp³-hybridized carbons (Fsp3) is 0.765. The Morgan fingerprint density at radius 1 is 1.39 bits per heavy atom. The number of ether oxygens (including phenoxy) is 1. The van der Waals surface area contributed by atoms with E-state index >= 15 is 0 Å². The highest BCUT2D eigenvalue weighted by Gasteiger charge is 2.37. The maximum atomic E-state index is 12.4. The van der Waals surface area contributed by atoms with Gasteiger partial charge in [0.2, 0.25) is 5.91 Å². The van der Waals surface area contributed by atoms with Crippen molar-refractivity contribution in [2.75, 3.05) is 33.4 Å². The van der Waals surface area contributed by atoms with Gasteiger partial charge in [0.25, 0.3) is 0 Å². The van der Waals surface area contributed by atoms with Crippen molar-refractivity contribution in [2.24, 2.45) is 13.0 Å². The van der Waals surface area contributed by atoms with Gasteiger partial charge in [-0.15, -0.1) is 0 Å². The van der Waals surface area contributed by atoms with Crippen LogP contribution < -0.4 is 0 Å². The maximum absolute atomic E-state index is 12.4. The van der Waals surface area contributed by atoms with Gasteiger partial charge in [0, 0.05) is 59.0 Å². The van der Waals surface area contributed by atoms with Gasteiger partial charge in [-0.1, -0.05) is 0 Å². The molecule has 1 aromatic heterocycles. The molecule has 6 heteroatoms. The second-order valence-corrected chi connectivity index (χ2v) is 6.80. The summed E-state index contributed by atoms with van der Waals surface area (Å²) >= 11 is 0. The van der Waals surface area contributed by atoms with E-state index in [1.807, 2.05) is 17.9 Å². The molecule has 1 amide bonds. The topological polar surface area (TPSA) is 50.6 Å². The minimum absolute atomic E-state index is 0.313. The lowest BCUT2D eigenvalue weighted by Gasteiger charge is -2.42. The molecule has 0 aromatic carbocycles. The minimum Gasteiger partial charge on any atom is -0.383 e.